The van der Waals surface area contributed by atoms with Crippen molar-refractivity contribution in [1.29, 1.82) is 0 Å². The zero-order chi connectivity index (χ0) is 7.99. The second-order valence-electron chi connectivity index (χ2n) is 2.92. The summed E-state index contributed by atoms with van der Waals surface area (Å²) < 4.78 is 4.44. The monoisotopic (exact) mass is 146 g/mol. The molecule has 2 N–H and O–H groups in total. The third kappa shape index (κ3) is 0.726. The molecule has 0 amide bonds. The Labute approximate surface area is 58.4 Å². The molecule has 1 fully saturated rings. The Hall–Kier alpha value is -0.610. The molecule has 58 valence electrons. The Balaban J connectivity index is 2.95. The van der Waals surface area contributed by atoms with Crippen LogP contribution in [-0.4, -0.2) is 34.0 Å². The number of hydrogen-bond donors (Lipinski definition) is 2. The van der Waals surface area contributed by atoms with E-state index >= 15 is 0 Å². The summed E-state index contributed by atoms with van der Waals surface area (Å²) in [6.45, 7) is 2.46. The minimum Gasteiger partial charge on any atom is -0.460 e. The van der Waals surface area contributed by atoms with E-state index in [0.29, 0.717) is 0 Å². The lowest BCUT2D eigenvalue weighted by Crippen LogP contribution is -2.50. The van der Waals surface area contributed by atoms with Gasteiger partial charge in [-0.15, -0.1) is 0 Å². The molecule has 1 aliphatic rings. The smallest absolute Gasteiger partial charge is 0.341 e. The maximum Gasteiger partial charge on any atom is 0.341 e. The van der Waals surface area contributed by atoms with Crippen molar-refractivity contribution in [3.8, 4) is 0 Å². The summed E-state index contributed by atoms with van der Waals surface area (Å²) in [5.74, 6) is -0.766. The lowest BCUT2D eigenvalue weighted by atomic mass is 9.89. The summed E-state index contributed by atoms with van der Waals surface area (Å²) in [5, 5.41) is 18.6. The summed E-state index contributed by atoms with van der Waals surface area (Å²) in [4.78, 5) is 10.7. The first kappa shape index (κ1) is 7.50. The van der Waals surface area contributed by atoms with Crippen molar-refractivity contribution in [1.82, 2.24) is 0 Å². The minimum absolute atomic E-state index is 0.140. The second-order valence-corrected chi connectivity index (χ2v) is 2.92. The van der Waals surface area contributed by atoms with Crippen molar-refractivity contribution in [2.24, 2.45) is 0 Å². The van der Waals surface area contributed by atoms with Crippen LogP contribution in [0.3, 0.4) is 0 Å². The lowest BCUT2D eigenvalue weighted by molar-refractivity contribution is -0.158. The zero-order valence-electron chi connectivity index (χ0n) is 5.92. The molecular formula is C6H10O4. The Morgan fingerprint density at radius 2 is 2.00 bits per heavy atom. The van der Waals surface area contributed by atoms with E-state index in [9.17, 15) is 15.0 Å². The number of cyclic esters (lactones) is 1. The number of aliphatic hydroxyl groups is 2. The van der Waals surface area contributed by atoms with E-state index in [1.54, 1.807) is 0 Å². The molecule has 0 aromatic rings. The molecule has 4 heteroatoms. The molecular weight excluding hydrogens is 136 g/mol. The third-order valence-electron chi connectivity index (χ3n) is 1.93. The molecule has 0 radical (unpaired) electrons. The van der Waals surface area contributed by atoms with E-state index in [0.717, 1.165) is 0 Å². The number of hydrogen-bond acceptors (Lipinski definition) is 4. The first-order valence-corrected chi connectivity index (χ1v) is 3.00. The molecule has 2 atom stereocenters. The molecule has 0 aromatic heterocycles. The molecule has 1 heterocycles. The van der Waals surface area contributed by atoms with Crippen molar-refractivity contribution in [3.63, 3.8) is 0 Å². The van der Waals surface area contributed by atoms with Crippen LogP contribution in [0.1, 0.15) is 13.8 Å². The topological polar surface area (TPSA) is 66.8 Å². The largest absolute Gasteiger partial charge is 0.460 e. The van der Waals surface area contributed by atoms with Gasteiger partial charge in [-0.25, -0.2) is 4.79 Å². The maximum absolute atomic E-state index is 10.7. The van der Waals surface area contributed by atoms with E-state index in [4.69, 9.17) is 0 Å². The van der Waals surface area contributed by atoms with Crippen LogP contribution in [0.4, 0.5) is 0 Å². The summed E-state index contributed by atoms with van der Waals surface area (Å²) in [7, 11) is 0. The summed E-state index contributed by atoms with van der Waals surface area (Å²) in [5.41, 5.74) is -3.21. The predicted octanol–water partition coefficient (Wildman–Crippen LogP) is -0.955. The van der Waals surface area contributed by atoms with Crippen LogP contribution in [0.25, 0.3) is 0 Å². The number of rotatable bonds is 0. The summed E-state index contributed by atoms with van der Waals surface area (Å²) >= 11 is 0. The molecule has 0 bridgehead atoms. The van der Waals surface area contributed by atoms with Gasteiger partial charge in [-0.3, -0.25) is 0 Å². The second kappa shape index (κ2) is 1.71. The average Bonchev–Trinajstić information content (AvgIpc) is 1.94. The van der Waals surface area contributed by atoms with E-state index in [-0.39, 0.29) is 6.61 Å². The van der Waals surface area contributed by atoms with Crippen LogP contribution in [0.5, 0.6) is 0 Å². The van der Waals surface area contributed by atoms with Crippen LogP contribution in [0.2, 0.25) is 0 Å². The van der Waals surface area contributed by atoms with E-state index in [1.807, 2.05) is 0 Å². The van der Waals surface area contributed by atoms with Crippen LogP contribution < -0.4 is 0 Å². The van der Waals surface area contributed by atoms with Crippen molar-refractivity contribution in [3.05, 3.63) is 0 Å². The van der Waals surface area contributed by atoms with Crippen LogP contribution in [0, 0.1) is 0 Å². The van der Waals surface area contributed by atoms with E-state index in [2.05, 4.69) is 4.74 Å². The number of carbonyl (C=O) groups excluding carboxylic acids is 1. The first-order chi connectivity index (χ1) is 4.38. The van der Waals surface area contributed by atoms with Gasteiger partial charge >= 0.3 is 5.97 Å². The highest BCUT2D eigenvalue weighted by Gasteiger charge is 2.55. The van der Waals surface area contributed by atoms with Gasteiger partial charge in [0.2, 0.25) is 0 Å². The summed E-state index contributed by atoms with van der Waals surface area (Å²) in [6, 6.07) is 0. The van der Waals surface area contributed by atoms with E-state index in [1.165, 1.54) is 13.8 Å². The number of carbonyl (C=O) groups is 1. The molecule has 1 rings (SSSR count). The average molecular weight is 146 g/mol. The molecule has 0 aromatic carbocycles. The fraction of sp³-hybridized carbons (Fsp3) is 0.833. The zero-order valence-corrected chi connectivity index (χ0v) is 5.92. The van der Waals surface area contributed by atoms with Crippen molar-refractivity contribution in [2.75, 3.05) is 6.61 Å². The van der Waals surface area contributed by atoms with Crippen molar-refractivity contribution < 1.29 is 19.7 Å². The van der Waals surface area contributed by atoms with Gasteiger partial charge in [0.15, 0.2) is 5.60 Å². The minimum atomic E-state index is -1.76. The molecule has 4 nitrogen and oxygen atoms in total. The summed E-state index contributed by atoms with van der Waals surface area (Å²) in [6.07, 6.45) is 0. The van der Waals surface area contributed by atoms with E-state index < -0.39 is 17.2 Å². The Bertz CT molecular complexity index is 171. The molecule has 1 saturated heterocycles. The highest BCUT2D eigenvalue weighted by molar-refractivity contribution is 5.82. The van der Waals surface area contributed by atoms with Gasteiger partial charge in [0, 0.05) is 0 Å². The predicted molar refractivity (Wildman–Crippen MR) is 32.2 cm³/mol. The number of ether oxygens (including phenoxy) is 1. The maximum atomic E-state index is 10.7. The Morgan fingerprint density at radius 3 is 2.10 bits per heavy atom. The standard InChI is InChI=1S/C6H10O4/c1-5(8)3-10-4(7)6(5,2)9/h8-9H,3H2,1-2H3. The normalized spacial score (nSPS) is 47.4. The fourth-order valence-corrected chi connectivity index (χ4v) is 0.707. The van der Waals surface area contributed by atoms with Gasteiger partial charge in [0.05, 0.1) is 0 Å². The lowest BCUT2D eigenvalue weighted by Gasteiger charge is -2.25. The van der Waals surface area contributed by atoms with Crippen LogP contribution in [0.15, 0.2) is 0 Å². The molecule has 2 unspecified atom stereocenters. The van der Waals surface area contributed by atoms with Gasteiger partial charge in [0.1, 0.15) is 12.2 Å². The van der Waals surface area contributed by atoms with Crippen LogP contribution in [-0.2, 0) is 9.53 Å². The molecule has 0 aliphatic carbocycles. The Kier molecular flexibility index (Phi) is 1.28. The molecule has 10 heavy (non-hydrogen) atoms. The van der Waals surface area contributed by atoms with Crippen LogP contribution >= 0.6 is 0 Å². The SMILES string of the molecule is CC1(O)COC(=O)C1(C)O. The molecule has 0 saturated carbocycles. The highest BCUT2D eigenvalue weighted by Crippen LogP contribution is 2.29. The molecule has 0 spiro atoms. The third-order valence-corrected chi connectivity index (χ3v) is 1.93. The van der Waals surface area contributed by atoms with Gasteiger partial charge in [-0.05, 0) is 13.8 Å². The van der Waals surface area contributed by atoms with Crippen molar-refractivity contribution in [2.45, 2.75) is 25.0 Å². The quantitative estimate of drug-likeness (QED) is 0.432. The van der Waals surface area contributed by atoms with Crippen molar-refractivity contribution >= 4 is 5.97 Å². The van der Waals surface area contributed by atoms with Gasteiger partial charge in [-0.2, -0.15) is 0 Å². The molecule has 1 aliphatic heterocycles. The Morgan fingerprint density at radius 1 is 1.50 bits per heavy atom. The van der Waals surface area contributed by atoms with Gasteiger partial charge < -0.3 is 14.9 Å². The number of esters is 1. The van der Waals surface area contributed by atoms with Gasteiger partial charge in [0.25, 0.3) is 0 Å². The van der Waals surface area contributed by atoms with Gasteiger partial charge in [-0.1, -0.05) is 0 Å². The fourth-order valence-electron chi connectivity index (χ4n) is 0.707. The first-order valence-electron chi connectivity index (χ1n) is 3.00. The highest BCUT2D eigenvalue weighted by atomic mass is 16.6.